The van der Waals surface area contributed by atoms with Crippen molar-refractivity contribution >= 4 is 23.4 Å². The van der Waals surface area contributed by atoms with Gasteiger partial charge in [-0.05, 0) is 37.1 Å². The highest BCUT2D eigenvalue weighted by Gasteiger charge is 2.20. The molecule has 2 aromatic carbocycles. The van der Waals surface area contributed by atoms with E-state index in [1.54, 1.807) is 6.07 Å². The number of nitro benzene ring substituents is 1. The number of para-hydroxylation sites is 1. The van der Waals surface area contributed by atoms with Crippen LogP contribution < -0.4 is 14.8 Å². The highest BCUT2D eigenvalue weighted by molar-refractivity contribution is 6.10. The number of benzene rings is 2. The van der Waals surface area contributed by atoms with E-state index in [1.165, 1.54) is 26.4 Å². The van der Waals surface area contributed by atoms with E-state index in [4.69, 9.17) is 9.47 Å². The maximum Gasteiger partial charge on any atom is 0.280 e. The summed E-state index contributed by atoms with van der Waals surface area (Å²) in [4.78, 5) is 23.4. The first kappa shape index (κ1) is 20.5. The van der Waals surface area contributed by atoms with E-state index in [0.717, 1.165) is 17.2 Å². The summed E-state index contributed by atoms with van der Waals surface area (Å²) in [5.74, 6) is -0.249. The molecule has 28 heavy (non-hydrogen) atoms. The first-order chi connectivity index (χ1) is 13.3. The van der Waals surface area contributed by atoms with Gasteiger partial charge in [0.05, 0.1) is 30.8 Å². The molecule has 0 spiro atoms. The third kappa shape index (κ3) is 4.27. The number of nitrogens with one attached hydrogen (secondary N) is 1. The Hall–Kier alpha value is -3.86. The minimum atomic E-state index is -0.663. The second-order valence-corrected chi connectivity index (χ2v) is 5.91. The van der Waals surface area contributed by atoms with Crippen LogP contribution >= 0.6 is 0 Å². The SMILES string of the molecule is COc1cc(/C=C(\C#N)C(=O)Nc2c(C)cccc2C)c([N+](=O)[O-])cc1OC. The maximum absolute atomic E-state index is 12.6. The fourth-order valence-electron chi connectivity index (χ4n) is 2.65. The normalized spacial score (nSPS) is 10.8. The lowest BCUT2D eigenvalue weighted by atomic mass is 10.1. The Kier molecular flexibility index (Phi) is 6.34. The average molecular weight is 381 g/mol. The van der Waals surface area contributed by atoms with Crippen LogP contribution in [0.4, 0.5) is 11.4 Å². The van der Waals surface area contributed by atoms with Crippen LogP contribution in [-0.2, 0) is 4.79 Å². The van der Waals surface area contributed by atoms with Crippen molar-refractivity contribution in [3.05, 3.63) is 62.7 Å². The molecule has 0 bridgehead atoms. The summed E-state index contributed by atoms with van der Waals surface area (Å²) in [5, 5.41) is 23.5. The smallest absolute Gasteiger partial charge is 0.280 e. The molecule has 1 N–H and O–H groups in total. The first-order valence-corrected chi connectivity index (χ1v) is 8.22. The van der Waals surface area contributed by atoms with Gasteiger partial charge in [0.1, 0.15) is 11.6 Å². The Morgan fingerprint density at radius 2 is 1.75 bits per heavy atom. The van der Waals surface area contributed by atoms with E-state index in [9.17, 15) is 20.2 Å². The monoisotopic (exact) mass is 381 g/mol. The molecule has 0 saturated carbocycles. The summed E-state index contributed by atoms with van der Waals surface area (Å²) in [6.07, 6.45) is 1.16. The Labute approximate surface area is 162 Å². The number of rotatable bonds is 6. The molecule has 8 heteroatoms. The summed E-state index contributed by atoms with van der Waals surface area (Å²) in [5.41, 5.74) is 1.72. The zero-order valence-corrected chi connectivity index (χ0v) is 15.9. The third-order valence-electron chi connectivity index (χ3n) is 4.11. The molecule has 1 amide bonds. The van der Waals surface area contributed by atoms with Crippen LogP contribution in [0.2, 0.25) is 0 Å². The minimum absolute atomic E-state index is 0.0517. The Balaban J connectivity index is 2.50. The quantitative estimate of drug-likeness (QED) is 0.352. The number of nitrogens with zero attached hydrogens (tertiary/aromatic N) is 2. The van der Waals surface area contributed by atoms with Crippen molar-refractivity contribution in [3.8, 4) is 17.6 Å². The van der Waals surface area contributed by atoms with Crippen LogP contribution in [0.3, 0.4) is 0 Å². The van der Waals surface area contributed by atoms with Crippen LogP contribution in [0.1, 0.15) is 16.7 Å². The molecular weight excluding hydrogens is 362 g/mol. The van der Waals surface area contributed by atoms with E-state index in [0.29, 0.717) is 5.69 Å². The highest BCUT2D eigenvalue weighted by atomic mass is 16.6. The number of ether oxygens (including phenoxy) is 2. The lowest BCUT2D eigenvalue weighted by molar-refractivity contribution is -0.385. The van der Waals surface area contributed by atoms with Crippen LogP contribution in [0.5, 0.6) is 11.5 Å². The molecule has 2 rings (SSSR count). The van der Waals surface area contributed by atoms with Crippen LogP contribution in [0, 0.1) is 35.3 Å². The van der Waals surface area contributed by atoms with E-state index in [2.05, 4.69) is 5.32 Å². The summed E-state index contributed by atoms with van der Waals surface area (Å²) in [6.45, 7) is 3.66. The van der Waals surface area contributed by atoms with Crippen molar-refractivity contribution < 1.29 is 19.2 Å². The molecule has 0 radical (unpaired) electrons. The van der Waals surface area contributed by atoms with Gasteiger partial charge in [0.15, 0.2) is 11.5 Å². The molecule has 0 unspecified atom stereocenters. The number of hydrogen-bond donors (Lipinski definition) is 1. The van der Waals surface area contributed by atoms with E-state index in [-0.39, 0.29) is 28.3 Å². The lowest BCUT2D eigenvalue weighted by Crippen LogP contribution is -2.15. The summed E-state index contributed by atoms with van der Waals surface area (Å²) in [6, 6.07) is 9.84. The molecule has 0 aliphatic rings. The number of nitriles is 1. The van der Waals surface area contributed by atoms with Crippen molar-refractivity contribution in [2.75, 3.05) is 19.5 Å². The molecule has 2 aromatic rings. The molecule has 8 nitrogen and oxygen atoms in total. The fraction of sp³-hybridized carbons (Fsp3) is 0.200. The van der Waals surface area contributed by atoms with Gasteiger partial charge >= 0.3 is 0 Å². The van der Waals surface area contributed by atoms with Crippen molar-refractivity contribution in [1.82, 2.24) is 0 Å². The third-order valence-corrected chi connectivity index (χ3v) is 4.11. The lowest BCUT2D eigenvalue weighted by Gasteiger charge is -2.11. The number of carbonyl (C=O) groups is 1. The summed E-state index contributed by atoms with van der Waals surface area (Å²) in [7, 11) is 2.74. The van der Waals surface area contributed by atoms with Gasteiger partial charge in [0.25, 0.3) is 11.6 Å². The van der Waals surface area contributed by atoms with Gasteiger partial charge in [-0.3, -0.25) is 14.9 Å². The molecule has 0 aromatic heterocycles. The molecule has 0 heterocycles. The zero-order chi connectivity index (χ0) is 20.8. The molecule has 0 saturated heterocycles. The highest BCUT2D eigenvalue weighted by Crippen LogP contribution is 2.35. The van der Waals surface area contributed by atoms with E-state index < -0.39 is 10.8 Å². The van der Waals surface area contributed by atoms with Gasteiger partial charge in [-0.25, -0.2) is 0 Å². The van der Waals surface area contributed by atoms with Crippen molar-refractivity contribution in [2.45, 2.75) is 13.8 Å². The molecule has 0 aliphatic carbocycles. The minimum Gasteiger partial charge on any atom is -0.493 e. The standard InChI is InChI=1S/C20H19N3O5/c1-12-6-5-7-13(2)19(12)22-20(24)15(11-21)8-14-9-17(27-3)18(28-4)10-16(14)23(25)26/h5-10H,1-4H3,(H,22,24)/b15-8+. The Bertz CT molecular complexity index is 985. The molecule has 0 fully saturated rings. The Morgan fingerprint density at radius 1 is 1.18 bits per heavy atom. The molecule has 0 aliphatic heterocycles. The predicted molar refractivity (Wildman–Crippen MR) is 104 cm³/mol. The Morgan fingerprint density at radius 3 is 2.25 bits per heavy atom. The van der Waals surface area contributed by atoms with Crippen molar-refractivity contribution in [3.63, 3.8) is 0 Å². The van der Waals surface area contributed by atoms with Crippen molar-refractivity contribution in [1.29, 1.82) is 5.26 Å². The first-order valence-electron chi connectivity index (χ1n) is 8.22. The van der Waals surface area contributed by atoms with Gasteiger partial charge in [0.2, 0.25) is 0 Å². The fourth-order valence-corrected chi connectivity index (χ4v) is 2.65. The van der Waals surface area contributed by atoms with Gasteiger partial charge in [-0.15, -0.1) is 0 Å². The topological polar surface area (TPSA) is 114 Å². The van der Waals surface area contributed by atoms with Gasteiger partial charge in [0, 0.05) is 5.69 Å². The summed E-state index contributed by atoms with van der Waals surface area (Å²) >= 11 is 0. The van der Waals surface area contributed by atoms with Gasteiger partial charge < -0.3 is 14.8 Å². The molecule has 144 valence electrons. The average Bonchev–Trinajstić information content (AvgIpc) is 2.67. The number of nitro groups is 1. The number of amides is 1. The predicted octanol–water partition coefficient (Wildman–Crippen LogP) is 3.77. The number of carbonyl (C=O) groups excluding carboxylic acids is 1. The molecule has 0 atom stereocenters. The van der Waals surface area contributed by atoms with Gasteiger partial charge in [-0.1, -0.05) is 18.2 Å². The van der Waals surface area contributed by atoms with Crippen LogP contribution in [0.25, 0.3) is 6.08 Å². The van der Waals surface area contributed by atoms with Crippen LogP contribution in [-0.4, -0.2) is 25.1 Å². The number of anilines is 1. The maximum atomic E-state index is 12.6. The number of aryl methyl sites for hydroxylation is 2. The van der Waals surface area contributed by atoms with Crippen molar-refractivity contribution in [2.24, 2.45) is 0 Å². The number of methoxy groups -OCH3 is 2. The summed E-state index contributed by atoms with van der Waals surface area (Å²) < 4.78 is 10.2. The van der Waals surface area contributed by atoms with Crippen LogP contribution in [0.15, 0.2) is 35.9 Å². The van der Waals surface area contributed by atoms with E-state index >= 15 is 0 Å². The zero-order valence-electron chi connectivity index (χ0n) is 15.9. The largest absolute Gasteiger partial charge is 0.493 e. The van der Waals surface area contributed by atoms with E-state index in [1.807, 2.05) is 32.0 Å². The second kappa shape index (κ2) is 8.68. The number of hydrogen-bond acceptors (Lipinski definition) is 6. The molecular formula is C20H19N3O5. The second-order valence-electron chi connectivity index (χ2n) is 5.91. The van der Waals surface area contributed by atoms with Gasteiger partial charge in [-0.2, -0.15) is 5.26 Å².